The van der Waals surface area contributed by atoms with Crippen molar-refractivity contribution in [2.45, 2.75) is 0 Å². The Morgan fingerprint density at radius 3 is 0.488 bits per heavy atom. The van der Waals surface area contributed by atoms with Crippen molar-refractivity contribution < 1.29 is 119 Å². The van der Waals surface area contributed by atoms with Crippen LogP contribution in [-0.4, -0.2) is 236 Å². The molecule has 0 spiro atoms. The molecule has 248 valence electrons. The molecule has 20 N–H and O–H groups in total. The fourth-order valence-corrected chi connectivity index (χ4v) is 0. The van der Waals surface area contributed by atoms with E-state index in [4.69, 9.17) is 129 Å². The van der Waals surface area contributed by atoms with E-state index in [0.717, 1.165) is 0 Å². The van der Waals surface area contributed by atoms with Gasteiger partial charge in [-0.2, -0.15) is 7.82 Å². The second-order valence-electron chi connectivity index (χ2n) is 3.04. The molecule has 0 aromatic carbocycles. The van der Waals surface area contributed by atoms with Gasteiger partial charge in [-0.1, -0.05) is 0 Å². The molecule has 0 rings (SSSR count). The van der Waals surface area contributed by atoms with Gasteiger partial charge in [0.25, 0.3) is 0 Å². The molecule has 0 bridgehead atoms. The van der Waals surface area contributed by atoms with Crippen molar-refractivity contribution in [3.63, 3.8) is 0 Å². The van der Waals surface area contributed by atoms with E-state index in [-0.39, 0.29) is 199 Å². The maximum absolute atomic E-state index is 8.88. The first-order valence-corrected chi connectivity index (χ1v) is 13.9. The number of nitrogens with zero attached hydrogens (tertiary/aromatic N) is 1. The largest absolute Gasteiger partial charge is 2.00 e. The maximum atomic E-state index is 8.88. The Bertz CT molecular complexity index is 688. The molecule has 0 aliphatic heterocycles. The van der Waals surface area contributed by atoms with Crippen LogP contribution in [0.5, 0.6) is 0 Å². The standard InChI is InChI=1S/4Ca.Mg.NO3.4H3N.5H3O4P.H2O4S/c;;;;;2-1(3)4;;;;;6*1-5(2,3)4/h;;;;;;4*1H3;5*(H3,1,2,3,4);(H2,1,2,3,4)/q5*+2;-1;;;;;;;;;;/p-9. The van der Waals surface area contributed by atoms with E-state index in [1.807, 2.05) is 0 Å². The van der Waals surface area contributed by atoms with E-state index in [1.54, 1.807) is 0 Å². The summed E-state index contributed by atoms with van der Waals surface area (Å²) in [6.45, 7) is 0. The minimum absolute atomic E-state index is 0. The van der Waals surface area contributed by atoms with Crippen LogP contribution in [0.25, 0.3) is 0 Å². The summed E-state index contributed by atoms with van der Waals surface area (Å²) in [5.74, 6) is 0. The van der Waals surface area contributed by atoms with E-state index < -0.39 is 54.6 Å². The fourth-order valence-electron chi connectivity index (χ4n) is 0. The van der Waals surface area contributed by atoms with Crippen LogP contribution in [0.4, 0.5) is 0 Å². The normalized spacial score (nSPS) is 8.77. The van der Waals surface area contributed by atoms with Crippen LogP contribution >= 0.6 is 39.1 Å². The minimum atomic E-state index is -5.39. The third-order valence-corrected chi connectivity index (χ3v) is 0. The van der Waals surface area contributed by atoms with Crippen LogP contribution in [0.3, 0.4) is 0 Å². The zero-order valence-electron chi connectivity index (χ0n) is 20.8. The van der Waals surface area contributed by atoms with Gasteiger partial charge in [0.05, 0.1) is 20.7 Å². The summed E-state index contributed by atoms with van der Waals surface area (Å²) in [4.78, 5) is 126. The Balaban J connectivity index is -0.0000000137. The molecule has 43 heavy (non-hydrogen) atoms. The molecule has 0 fully saturated rings. The van der Waals surface area contributed by atoms with Gasteiger partial charge in [-0.05, 0) is 0 Å². The van der Waals surface area contributed by atoms with E-state index in [0.29, 0.717) is 0 Å². The van der Waals surface area contributed by atoms with Crippen LogP contribution < -0.4 is 58.9 Å². The number of rotatable bonds is 0. The summed E-state index contributed by atoms with van der Waals surface area (Å²) in [5.41, 5.74) is 0. The number of phosphoric acid groups is 5. The molecule has 0 aliphatic carbocycles. The molecule has 0 saturated carbocycles. The third kappa shape index (κ3) is 3490. The van der Waals surface area contributed by atoms with Gasteiger partial charge in [0.15, 0.2) is 0 Å². The topological polar surface area (TPSA) is 695 Å². The Morgan fingerprint density at radius 1 is 0.488 bits per heavy atom. The van der Waals surface area contributed by atoms with Crippen LogP contribution in [0.1, 0.15) is 0 Å². The number of hydrogen-bond acceptors (Lipinski definition) is 23. The quantitative estimate of drug-likeness (QED) is 0.0268. The van der Waals surface area contributed by atoms with Crippen molar-refractivity contribution in [2.24, 2.45) is 0 Å². The average molecular weight is 894 g/mol. The summed E-state index contributed by atoms with van der Waals surface area (Å²) in [5, 5.41) is 14.8. The summed E-state index contributed by atoms with van der Waals surface area (Å²) < 4.78 is 77.7. The van der Waals surface area contributed by atoms with Crippen molar-refractivity contribution in [3.8, 4) is 0 Å². The molecule has 0 radical (unpaired) electrons. The van der Waals surface area contributed by atoms with Gasteiger partial charge in [-0.25, -0.2) is 9.13 Å². The fraction of sp³-hybridized carbons (Fsp3) is 0. The van der Waals surface area contributed by atoms with Crippen LogP contribution in [0, 0.1) is 15.3 Å². The molecule has 0 aliphatic rings. The van der Waals surface area contributed by atoms with Crippen LogP contribution in [-0.2, 0) is 33.2 Å². The molecule has 0 unspecified atom stereocenters. The average Bonchev–Trinajstić information content (AvgIpc) is 2.08. The van der Waals surface area contributed by atoms with Crippen molar-refractivity contribution in [3.05, 3.63) is 15.3 Å². The molecule has 0 aromatic heterocycles. The van der Waals surface area contributed by atoms with Crippen molar-refractivity contribution >= 4 is 224 Å². The van der Waals surface area contributed by atoms with E-state index in [2.05, 4.69) is 0 Å². The molecule has 43 heteroatoms. The van der Waals surface area contributed by atoms with Gasteiger partial charge < -0.3 is 136 Å². The molecule has 32 nitrogen and oxygen atoms in total. The SMILES string of the molecule is N.N.N.N.O=P(O)(O)O.O=P(O)(O)O.O=P([O-])([O-])O.O=P([O-])([O-])O.O=P([O-])([O-])[O-].O=S(=O)([O-])[O-].O=[N+]([O-])[O-].[Ca+2].[Ca+2].[Ca+2].[Ca+2].[Mg+2]. The Hall–Kier alpha value is 5.27. The molecule has 0 heterocycles. The zero-order chi connectivity index (χ0) is 30.6. The summed E-state index contributed by atoms with van der Waals surface area (Å²) in [7, 11) is -30.1. The molecule has 0 aromatic rings. The minimum Gasteiger partial charge on any atom is -0.822 e. The molecule has 0 saturated heterocycles. The third-order valence-electron chi connectivity index (χ3n) is 0. The summed E-state index contributed by atoms with van der Waals surface area (Å²) >= 11 is 0. The Labute approximate surface area is 375 Å². The first kappa shape index (κ1) is 104. The zero-order valence-corrected chi connectivity index (χ0v) is 36.3. The van der Waals surface area contributed by atoms with Crippen molar-refractivity contribution in [1.82, 2.24) is 24.6 Å². The van der Waals surface area contributed by atoms with Crippen molar-refractivity contribution in [2.75, 3.05) is 0 Å². The first-order valence-electron chi connectivity index (χ1n) is 5.01. The van der Waals surface area contributed by atoms with Gasteiger partial charge in [-0.3, -0.25) is 8.42 Å². The summed E-state index contributed by atoms with van der Waals surface area (Å²) in [6.07, 6.45) is 0. The van der Waals surface area contributed by atoms with Gasteiger partial charge in [0.2, 0.25) is 0 Å². The Kier molecular flexibility index (Phi) is 124. The van der Waals surface area contributed by atoms with Crippen LogP contribution in [0.15, 0.2) is 0 Å². The predicted octanol–water partition coefficient (Wildman–Crippen LogP) is -11.9. The smallest absolute Gasteiger partial charge is 0.822 e. The van der Waals surface area contributed by atoms with Gasteiger partial charge in [0.1, 0.15) is 0 Å². The van der Waals surface area contributed by atoms with E-state index in [9.17, 15) is 0 Å². The molecule has 0 atom stereocenters. The second kappa shape index (κ2) is 51.6. The number of hydrogen-bond donors (Lipinski definition) is 12. The molecular formula is H20Ca4MgN5O27P5S. The van der Waals surface area contributed by atoms with Gasteiger partial charge in [-0.15, -0.1) is 0 Å². The van der Waals surface area contributed by atoms with Gasteiger partial charge >= 0.3 is 190 Å². The predicted molar refractivity (Wildman–Crippen MR) is 125 cm³/mol. The van der Waals surface area contributed by atoms with E-state index >= 15 is 0 Å². The summed E-state index contributed by atoms with van der Waals surface area (Å²) in [6, 6.07) is 0. The molecule has 0 amide bonds. The Morgan fingerprint density at radius 2 is 0.488 bits per heavy atom. The maximum Gasteiger partial charge on any atom is 2.00 e. The van der Waals surface area contributed by atoms with E-state index in [1.165, 1.54) is 0 Å². The molecular weight excluding hydrogens is 874 g/mol. The van der Waals surface area contributed by atoms with Gasteiger partial charge in [0, 0.05) is 10.4 Å². The second-order valence-corrected chi connectivity index (χ2v) is 8.68. The van der Waals surface area contributed by atoms with Crippen molar-refractivity contribution in [1.29, 1.82) is 0 Å². The monoisotopic (exact) mass is 893 g/mol. The first-order chi connectivity index (χ1) is 13.7. The van der Waals surface area contributed by atoms with Crippen LogP contribution in [0.2, 0.25) is 0 Å².